The summed E-state index contributed by atoms with van der Waals surface area (Å²) in [6.07, 6.45) is -8.55. The Morgan fingerprint density at radius 3 is 1.71 bits per heavy atom. The minimum absolute atomic E-state index is 0.0225. The van der Waals surface area contributed by atoms with Crippen LogP contribution in [0.2, 0.25) is 0 Å². The van der Waals surface area contributed by atoms with Crippen LogP contribution in [0.3, 0.4) is 0 Å². The number of hydrogen-bond acceptors (Lipinski definition) is 13. The van der Waals surface area contributed by atoms with Crippen molar-refractivity contribution in [2.45, 2.75) is 37.6 Å². The fourth-order valence-electron chi connectivity index (χ4n) is 5.47. The number of benzene rings is 4. The fraction of sp³-hybridized carbons (Fsp3) is 0.189. The number of esters is 3. The maximum Gasteiger partial charge on any atom is 0.397 e. The lowest BCUT2D eigenvalue weighted by Crippen LogP contribution is -2.63. The molecule has 52 heavy (non-hydrogen) atoms. The molecule has 2 heterocycles. The Morgan fingerprint density at radius 2 is 1.19 bits per heavy atom. The van der Waals surface area contributed by atoms with Crippen molar-refractivity contribution in [3.63, 3.8) is 0 Å². The van der Waals surface area contributed by atoms with E-state index in [1.165, 1.54) is 54.6 Å². The van der Waals surface area contributed by atoms with E-state index in [1.807, 2.05) is 0 Å². The topological polar surface area (TPSA) is 191 Å². The van der Waals surface area contributed by atoms with Gasteiger partial charge in [-0.25, -0.2) is 23.4 Å². The largest absolute Gasteiger partial charge is 0.461 e. The lowest BCUT2D eigenvalue weighted by Gasteiger charge is -2.44. The molecule has 1 fully saturated rings. The van der Waals surface area contributed by atoms with Gasteiger partial charge in [0.15, 0.2) is 12.2 Å². The van der Waals surface area contributed by atoms with Crippen LogP contribution in [-0.4, -0.2) is 68.2 Å². The first-order valence-corrected chi connectivity index (χ1v) is 17.1. The fourth-order valence-corrected chi connectivity index (χ4v) is 5.78. The summed E-state index contributed by atoms with van der Waals surface area (Å²) < 4.78 is 72.8. The van der Waals surface area contributed by atoms with Gasteiger partial charge in [-0.1, -0.05) is 54.6 Å². The van der Waals surface area contributed by atoms with E-state index in [4.69, 9.17) is 28.1 Å². The van der Waals surface area contributed by atoms with Gasteiger partial charge in [0.05, 0.1) is 23.3 Å². The van der Waals surface area contributed by atoms with Crippen molar-refractivity contribution in [1.29, 1.82) is 0 Å². The normalized spacial score (nSPS) is 20.1. The number of rotatable bonds is 11. The standard InChI is InChI=1S/C37H30O14S/c1-22-19-30(38)47-28-20-26(17-18-27(22)28)46-37-33(51-36(41)25-15-9-4-10-16-25)32(50-35(40)24-13-7-3-8-14-24)31(29(48-37)21-45-52(42,43)44)49-34(39)23-11-5-2-6-12-23/h2-20,29,31-33,37H,21H2,1H3,(H,42,43,44)/t29-,31+,32+,33+,37-/m0/s1. The molecule has 0 radical (unpaired) electrons. The average molecular weight is 731 g/mol. The van der Waals surface area contributed by atoms with Gasteiger partial charge >= 0.3 is 33.9 Å². The van der Waals surface area contributed by atoms with Crippen molar-refractivity contribution in [1.82, 2.24) is 0 Å². The van der Waals surface area contributed by atoms with Crippen LogP contribution in [0, 0.1) is 6.92 Å². The SMILES string of the molecule is Cc1cc(=O)oc2cc(O[C@H]3O[C@@H](COS(=O)(=O)O)[C@@H](OC(=O)c4ccccc4)[C@@H](OC(=O)c4ccccc4)[C@H]3OC(=O)c3ccccc3)ccc12. The summed E-state index contributed by atoms with van der Waals surface area (Å²) in [5, 5.41) is 0.588. The van der Waals surface area contributed by atoms with Gasteiger partial charge in [-0.2, -0.15) is 8.42 Å². The number of carbonyl (C=O) groups excluding carboxylic acids is 3. The van der Waals surface area contributed by atoms with E-state index in [0.29, 0.717) is 10.9 Å². The molecule has 4 aromatic carbocycles. The van der Waals surface area contributed by atoms with Crippen molar-refractivity contribution in [2.24, 2.45) is 0 Å². The molecule has 0 saturated carbocycles. The second-order valence-electron chi connectivity index (χ2n) is 11.5. The third-order valence-corrected chi connectivity index (χ3v) is 8.34. The van der Waals surface area contributed by atoms with E-state index in [9.17, 15) is 32.1 Å². The molecule has 1 saturated heterocycles. The van der Waals surface area contributed by atoms with Crippen LogP contribution in [0.25, 0.3) is 11.0 Å². The van der Waals surface area contributed by atoms with Crippen molar-refractivity contribution in [2.75, 3.05) is 6.61 Å². The summed E-state index contributed by atoms with van der Waals surface area (Å²) in [5.41, 5.74) is 0.368. The summed E-state index contributed by atoms with van der Waals surface area (Å²) in [5.74, 6) is -2.77. The van der Waals surface area contributed by atoms with Crippen LogP contribution in [0.4, 0.5) is 0 Å². The molecule has 1 N–H and O–H groups in total. The zero-order chi connectivity index (χ0) is 36.8. The molecule has 0 unspecified atom stereocenters. The number of aryl methyl sites for hydroxylation is 1. The van der Waals surface area contributed by atoms with Gasteiger partial charge in [-0.3, -0.25) is 4.55 Å². The first-order chi connectivity index (χ1) is 24.9. The Labute approximate surface area is 296 Å². The Bertz CT molecular complexity index is 2220. The van der Waals surface area contributed by atoms with E-state index in [-0.39, 0.29) is 28.0 Å². The molecule has 1 aliphatic rings. The number of hydrogen-bond donors (Lipinski definition) is 1. The van der Waals surface area contributed by atoms with Gasteiger partial charge in [-0.15, -0.1) is 0 Å². The van der Waals surface area contributed by atoms with E-state index in [2.05, 4.69) is 4.18 Å². The van der Waals surface area contributed by atoms with Crippen LogP contribution in [0.5, 0.6) is 5.75 Å². The van der Waals surface area contributed by atoms with Gasteiger partial charge in [0, 0.05) is 17.5 Å². The average Bonchev–Trinajstić information content (AvgIpc) is 3.13. The Hall–Kier alpha value is -5.87. The molecule has 15 heteroatoms. The third-order valence-electron chi connectivity index (χ3n) is 7.91. The Morgan fingerprint density at radius 1 is 0.692 bits per heavy atom. The quantitative estimate of drug-likeness (QED) is 0.0851. The Kier molecular flexibility index (Phi) is 10.8. The monoisotopic (exact) mass is 730 g/mol. The smallest absolute Gasteiger partial charge is 0.397 e. The number of fused-ring (bicyclic) bond motifs is 1. The highest BCUT2D eigenvalue weighted by Crippen LogP contribution is 2.33. The second-order valence-corrected chi connectivity index (χ2v) is 12.6. The lowest BCUT2D eigenvalue weighted by atomic mass is 9.97. The van der Waals surface area contributed by atoms with Crippen molar-refractivity contribution in [3.8, 4) is 5.75 Å². The summed E-state index contributed by atoms with van der Waals surface area (Å²) in [6.45, 7) is 0.738. The van der Waals surface area contributed by atoms with Gasteiger partial charge < -0.3 is 28.1 Å². The third kappa shape index (κ3) is 8.70. The molecule has 5 aromatic rings. The molecule has 5 atom stereocenters. The lowest BCUT2D eigenvalue weighted by molar-refractivity contribution is -0.274. The van der Waals surface area contributed by atoms with E-state index >= 15 is 0 Å². The highest BCUT2D eigenvalue weighted by atomic mass is 32.3. The minimum Gasteiger partial charge on any atom is -0.461 e. The highest BCUT2D eigenvalue weighted by molar-refractivity contribution is 7.80. The summed E-state index contributed by atoms with van der Waals surface area (Å²) >= 11 is 0. The second kappa shape index (κ2) is 15.6. The zero-order valence-electron chi connectivity index (χ0n) is 27.2. The predicted molar refractivity (Wildman–Crippen MR) is 181 cm³/mol. The van der Waals surface area contributed by atoms with Crippen LogP contribution < -0.4 is 10.4 Å². The van der Waals surface area contributed by atoms with Gasteiger partial charge in [0.2, 0.25) is 12.4 Å². The maximum absolute atomic E-state index is 13.6. The molecule has 1 aromatic heterocycles. The van der Waals surface area contributed by atoms with Crippen molar-refractivity contribution < 1.29 is 59.6 Å². The van der Waals surface area contributed by atoms with Crippen LogP contribution >= 0.6 is 0 Å². The van der Waals surface area contributed by atoms with Gasteiger partial charge in [0.1, 0.15) is 17.4 Å². The zero-order valence-corrected chi connectivity index (χ0v) is 28.0. The molecule has 0 aliphatic carbocycles. The highest BCUT2D eigenvalue weighted by Gasteiger charge is 2.54. The minimum atomic E-state index is -5.08. The van der Waals surface area contributed by atoms with E-state index < -0.39 is 71.2 Å². The van der Waals surface area contributed by atoms with Crippen LogP contribution in [0.15, 0.2) is 124 Å². The maximum atomic E-state index is 13.6. The molecule has 0 amide bonds. The first kappa shape index (κ1) is 35.9. The summed E-state index contributed by atoms with van der Waals surface area (Å²) in [6, 6.07) is 29.0. The van der Waals surface area contributed by atoms with Gasteiger partial charge in [0.25, 0.3) is 0 Å². The summed E-state index contributed by atoms with van der Waals surface area (Å²) in [7, 11) is -5.08. The number of ether oxygens (including phenoxy) is 5. The van der Waals surface area contributed by atoms with Crippen LogP contribution in [-0.2, 0) is 33.5 Å². The van der Waals surface area contributed by atoms with E-state index in [1.54, 1.807) is 67.6 Å². The molecule has 1 aliphatic heterocycles. The summed E-state index contributed by atoms with van der Waals surface area (Å²) in [4.78, 5) is 52.8. The molecular formula is C37H30O14S. The predicted octanol–water partition coefficient (Wildman–Crippen LogP) is 4.70. The molecule has 6 rings (SSSR count). The number of carbonyl (C=O) groups is 3. The van der Waals surface area contributed by atoms with E-state index in [0.717, 1.165) is 0 Å². The van der Waals surface area contributed by atoms with Crippen molar-refractivity contribution >= 4 is 39.3 Å². The van der Waals surface area contributed by atoms with Gasteiger partial charge in [-0.05, 0) is 61.0 Å². The molecule has 0 bridgehead atoms. The molecule has 14 nitrogen and oxygen atoms in total. The Balaban J connectivity index is 1.46. The first-order valence-electron chi connectivity index (χ1n) is 15.7. The van der Waals surface area contributed by atoms with Crippen LogP contribution in [0.1, 0.15) is 36.6 Å². The molecule has 0 spiro atoms. The molecular weight excluding hydrogens is 700 g/mol. The molecule has 268 valence electrons. The van der Waals surface area contributed by atoms with Crippen molar-refractivity contribution in [3.05, 3.63) is 148 Å².